The van der Waals surface area contributed by atoms with Gasteiger partial charge in [0.25, 0.3) is 5.91 Å². The third-order valence-corrected chi connectivity index (χ3v) is 5.25. The highest BCUT2D eigenvalue weighted by atomic mass is 19.1. The summed E-state index contributed by atoms with van der Waals surface area (Å²) in [5.41, 5.74) is 1.58. The molecule has 3 amide bonds. The second-order valence-electron chi connectivity index (χ2n) is 7.48. The van der Waals surface area contributed by atoms with Crippen LogP contribution in [0.5, 0.6) is 0 Å². The van der Waals surface area contributed by atoms with E-state index in [4.69, 9.17) is 0 Å². The van der Waals surface area contributed by atoms with Crippen LogP contribution in [0.15, 0.2) is 36.4 Å². The second-order valence-corrected chi connectivity index (χ2v) is 7.48. The van der Waals surface area contributed by atoms with E-state index in [0.29, 0.717) is 17.6 Å². The number of benzene rings is 2. The van der Waals surface area contributed by atoms with E-state index in [2.05, 4.69) is 26.3 Å². The van der Waals surface area contributed by atoms with E-state index in [1.807, 2.05) is 0 Å². The van der Waals surface area contributed by atoms with Crippen molar-refractivity contribution in [3.63, 3.8) is 0 Å². The fraction of sp³-hybridized carbons (Fsp3) is 0.333. The third kappa shape index (κ3) is 4.96. The average molecular weight is 428 g/mol. The Hall–Kier alpha value is -3.56. The van der Waals surface area contributed by atoms with E-state index in [0.717, 1.165) is 49.4 Å². The fourth-order valence-corrected chi connectivity index (χ4v) is 3.65. The zero-order valence-electron chi connectivity index (χ0n) is 16.7. The first-order valence-corrected chi connectivity index (χ1v) is 10.1. The molecule has 4 rings (SSSR count). The summed E-state index contributed by atoms with van der Waals surface area (Å²) in [7, 11) is 0. The van der Waals surface area contributed by atoms with E-state index in [1.165, 1.54) is 0 Å². The molecule has 3 N–H and O–H groups in total. The molecule has 1 heterocycles. The molecule has 1 aromatic heterocycles. The SMILES string of the molecule is O=C(NCCn1nnc2cc(C(=O)NC3CCCC3)ccc21)Nc1cc(F)ccc1F. The number of hydrogen-bond donors (Lipinski definition) is 3. The van der Waals surface area contributed by atoms with Crippen molar-refractivity contribution in [1.29, 1.82) is 0 Å². The number of hydrogen-bond acceptors (Lipinski definition) is 4. The summed E-state index contributed by atoms with van der Waals surface area (Å²) in [6.45, 7) is 0.494. The van der Waals surface area contributed by atoms with E-state index in [-0.39, 0.29) is 24.2 Å². The monoisotopic (exact) mass is 428 g/mol. The minimum Gasteiger partial charge on any atom is -0.349 e. The Kier molecular flexibility index (Phi) is 6.06. The summed E-state index contributed by atoms with van der Waals surface area (Å²) in [6.07, 6.45) is 4.30. The lowest BCUT2D eigenvalue weighted by atomic mass is 10.1. The minimum absolute atomic E-state index is 0.119. The molecule has 8 nitrogen and oxygen atoms in total. The van der Waals surface area contributed by atoms with E-state index >= 15 is 0 Å². The van der Waals surface area contributed by atoms with E-state index in [9.17, 15) is 18.4 Å². The van der Waals surface area contributed by atoms with Crippen LogP contribution in [0.3, 0.4) is 0 Å². The molecule has 1 saturated carbocycles. The van der Waals surface area contributed by atoms with Crippen LogP contribution in [-0.2, 0) is 6.54 Å². The Morgan fingerprint density at radius 2 is 1.90 bits per heavy atom. The van der Waals surface area contributed by atoms with Crippen molar-refractivity contribution < 1.29 is 18.4 Å². The van der Waals surface area contributed by atoms with Crippen molar-refractivity contribution in [2.75, 3.05) is 11.9 Å². The van der Waals surface area contributed by atoms with Crippen molar-refractivity contribution in [3.8, 4) is 0 Å². The average Bonchev–Trinajstić information content (AvgIpc) is 3.40. The van der Waals surface area contributed by atoms with Crippen LogP contribution in [0.25, 0.3) is 11.0 Å². The maximum Gasteiger partial charge on any atom is 0.319 e. The molecule has 0 spiro atoms. The predicted molar refractivity (Wildman–Crippen MR) is 111 cm³/mol. The second kappa shape index (κ2) is 9.07. The van der Waals surface area contributed by atoms with Gasteiger partial charge in [-0.25, -0.2) is 18.3 Å². The number of carbonyl (C=O) groups is 2. The van der Waals surface area contributed by atoms with Crippen LogP contribution in [0.2, 0.25) is 0 Å². The lowest BCUT2D eigenvalue weighted by molar-refractivity contribution is 0.0938. The highest BCUT2D eigenvalue weighted by Crippen LogP contribution is 2.19. The maximum atomic E-state index is 13.6. The number of halogens is 2. The molecule has 0 bridgehead atoms. The predicted octanol–water partition coefficient (Wildman–Crippen LogP) is 3.20. The van der Waals surface area contributed by atoms with Crippen molar-refractivity contribution in [1.82, 2.24) is 25.6 Å². The van der Waals surface area contributed by atoms with Gasteiger partial charge in [0.2, 0.25) is 0 Å². The summed E-state index contributed by atoms with van der Waals surface area (Å²) < 4.78 is 28.4. The fourth-order valence-electron chi connectivity index (χ4n) is 3.65. The van der Waals surface area contributed by atoms with Crippen LogP contribution in [-0.4, -0.2) is 39.5 Å². The van der Waals surface area contributed by atoms with Crippen LogP contribution in [0.4, 0.5) is 19.3 Å². The lowest BCUT2D eigenvalue weighted by Crippen LogP contribution is -2.32. The van der Waals surface area contributed by atoms with Crippen molar-refractivity contribution in [3.05, 3.63) is 53.6 Å². The molecular weight excluding hydrogens is 406 g/mol. The summed E-state index contributed by atoms with van der Waals surface area (Å²) in [5.74, 6) is -1.50. The Labute approximate surface area is 177 Å². The summed E-state index contributed by atoms with van der Waals surface area (Å²) in [6, 6.07) is 7.56. The molecule has 31 heavy (non-hydrogen) atoms. The standard InChI is InChI=1S/C21H22F2N6O2/c22-14-6-7-16(23)17(12-14)26-21(31)24-9-10-29-19-8-5-13(11-18(19)27-28-29)20(30)25-15-3-1-2-4-15/h5-8,11-12,15H,1-4,9-10H2,(H,25,30)(H2,24,26,31). The summed E-state index contributed by atoms with van der Waals surface area (Å²) in [5, 5.41) is 16.0. The number of aromatic nitrogens is 3. The van der Waals surface area contributed by atoms with Gasteiger partial charge < -0.3 is 16.0 Å². The number of carbonyl (C=O) groups excluding carboxylic acids is 2. The number of anilines is 1. The first-order chi connectivity index (χ1) is 15.0. The van der Waals surface area contributed by atoms with Gasteiger partial charge in [-0.05, 0) is 43.2 Å². The maximum absolute atomic E-state index is 13.6. The van der Waals surface area contributed by atoms with Gasteiger partial charge in [-0.15, -0.1) is 5.10 Å². The van der Waals surface area contributed by atoms with Crippen LogP contribution in [0.1, 0.15) is 36.0 Å². The molecule has 0 aliphatic heterocycles. The third-order valence-electron chi connectivity index (χ3n) is 5.25. The molecule has 0 saturated heterocycles. The van der Waals surface area contributed by atoms with Gasteiger partial charge in [0.1, 0.15) is 17.2 Å². The largest absolute Gasteiger partial charge is 0.349 e. The lowest BCUT2D eigenvalue weighted by Gasteiger charge is -2.11. The van der Waals surface area contributed by atoms with Crippen LogP contribution < -0.4 is 16.0 Å². The molecule has 1 aliphatic carbocycles. The van der Waals surface area contributed by atoms with Gasteiger partial charge in [0.05, 0.1) is 17.7 Å². The molecule has 0 unspecified atom stereocenters. The Bertz CT molecular complexity index is 1110. The first kappa shape index (κ1) is 20.7. The van der Waals surface area contributed by atoms with E-state index in [1.54, 1.807) is 22.9 Å². The number of urea groups is 1. The molecule has 2 aromatic carbocycles. The normalized spacial score (nSPS) is 14.0. The molecule has 1 aliphatic rings. The van der Waals surface area contributed by atoms with Crippen LogP contribution in [0, 0.1) is 11.6 Å². The molecule has 0 atom stereocenters. The van der Waals surface area contributed by atoms with E-state index < -0.39 is 17.7 Å². The molecule has 3 aromatic rings. The van der Waals surface area contributed by atoms with Gasteiger partial charge in [0, 0.05) is 24.2 Å². The van der Waals surface area contributed by atoms with Gasteiger partial charge in [-0.1, -0.05) is 18.1 Å². The minimum atomic E-state index is -0.730. The highest BCUT2D eigenvalue weighted by molar-refractivity contribution is 5.97. The van der Waals surface area contributed by atoms with Crippen molar-refractivity contribution in [2.45, 2.75) is 38.3 Å². The van der Waals surface area contributed by atoms with Gasteiger partial charge in [0.15, 0.2) is 0 Å². The number of nitrogens with zero attached hydrogens (tertiary/aromatic N) is 3. The molecule has 10 heteroatoms. The Balaban J connectivity index is 1.33. The number of fused-ring (bicyclic) bond motifs is 1. The Morgan fingerprint density at radius 1 is 1.10 bits per heavy atom. The Morgan fingerprint density at radius 3 is 2.71 bits per heavy atom. The van der Waals surface area contributed by atoms with Gasteiger partial charge in [-0.2, -0.15) is 0 Å². The number of rotatable bonds is 6. The topological polar surface area (TPSA) is 101 Å². The molecule has 0 radical (unpaired) electrons. The molecule has 162 valence electrons. The zero-order valence-corrected chi connectivity index (χ0v) is 16.7. The number of nitrogens with one attached hydrogen (secondary N) is 3. The quantitative estimate of drug-likeness (QED) is 0.561. The van der Waals surface area contributed by atoms with Gasteiger partial charge >= 0.3 is 6.03 Å². The van der Waals surface area contributed by atoms with Crippen LogP contribution >= 0.6 is 0 Å². The number of amides is 3. The van der Waals surface area contributed by atoms with Crippen molar-refractivity contribution >= 4 is 28.7 Å². The molecular formula is C21H22F2N6O2. The smallest absolute Gasteiger partial charge is 0.319 e. The zero-order chi connectivity index (χ0) is 21.8. The summed E-state index contributed by atoms with van der Waals surface area (Å²) >= 11 is 0. The van der Waals surface area contributed by atoms with Gasteiger partial charge in [-0.3, -0.25) is 4.79 Å². The highest BCUT2D eigenvalue weighted by Gasteiger charge is 2.18. The first-order valence-electron chi connectivity index (χ1n) is 10.1. The van der Waals surface area contributed by atoms with Crippen molar-refractivity contribution in [2.24, 2.45) is 0 Å². The molecule has 1 fully saturated rings. The summed E-state index contributed by atoms with van der Waals surface area (Å²) in [4.78, 5) is 24.4.